The molecular formula is C15H16Cl2O2. The second kappa shape index (κ2) is 5.64. The SMILES string of the molecule is CC1(c2ccc(C(=O)Cl)cc2)CCC(C(=O)Cl)CC1. The lowest BCUT2D eigenvalue weighted by Crippen LogP contribution is -2.30. The van der Waals surface area contributed by atoms with Gasteiger partial charge in [0.2, 0.25) is 5.24 Å². The molecule has 0 spiro atoms. The molecule has 0 heterocycles. The highest BCUT2D eigenvalue weighted by molar-refractivity contribution is 6.67. The van der Waals surface area contributed by atoms with Crippen molar-refractivity contribution in [1.82, 2.24) is 0 Å². The molecule has 1 fully saturated rings. The predicted octanol–water partition coefficient (Wildman–Crippen LogP) is 4.28. The van der Waals surface area contributed by atoms with E-state index in [4.69, 9.17) is 23.2 Å². The average Bonchev–Trinajstić information content (AvgIpc) is 2.39. The highest BCUT2D eigenvalue weighted by atomic mass is 35.5. The fourth-order valence-electron chi connectivity index (χ4n) is 2.77. The average molecular weight is 299 g/mol. The van der Waals surface area contributed by atoms with E-state index in [2.05, 4.69) is 6.92 Å². The second-order valence-corrected chi connectivity index (χ2v) is 6.21. The topological polar surface area (TPSA) is 34.1 Å². The zero-order valence-electron chi connectivity index (χ0n) is 10.8. The summed E-state index contributed by atoms with van der Waals surface area (Å²) in [5, 5.41) is -0.654. The lowest BCUT2D eigenvalue weighted by Gasteiger charge is -2.36. The van der Waals surface area contributed by atoms with Crippen molar-refractivity contribution < 1.29 is 9.59 Å². The smallest absolute Gasteiger partial charge is 0.252 e. The third-order valence-corrected chi connectivity index (χ3v) is 4.75. The van der Waals surface area contributed by atoms with Crippen molar-refractivity contribution in [2.45, 2.75) is 38.0 Å². The van der Waals surface area contributed by atoms with Gasteiger partial charge in [-0.25, -0.2) is 0 Å². The van der Waals surface area contributed by atoms with E-state index in [-0.39, 0.29) is 16.6 Å². The fourth-order valence-corrected chi connectivity index (χ4v) is 3.12. The van der Waals surface area contributed by atoms with Crippen LogP contribution in [-0.4, -0.2) is 10.5 Å². The fraction of sp³-hybridized carbons (Fsp3) is 0.467. The van der Waals surface area contributed by atoms with Crippen molar-refractivity contribution >= 4 is 33.7 Å². The molecule has 2 rings (SSSR count). The van der Waals surface area contributed by atoms with E-state index in [1.54, 1.807) is 12.1 Å². The molecule has 0 bridgehead atoms. The first-order valence-corrected chi connectivity index (χ1v) is 7.18. The van der Waals surface area contributed by atoms with Crippen LogP contribution in [0.3, 0.4) is 0 Å². The van der Waals surface area contributed by atoms with Crippen LogP contribution in [0.4, 0.5) is 0 Å². The molecule has 1 aliphatic rings. The van der Waals surface area contributed by atoms with Crippen LogP contribution in [0.1, 0.15) is 48.5 Å². The van der Waals surface area contributed by atoms with E-state index in [0.29, 0.717) is 5.56 Å². The minimum atomic E-state index is -0.437. The molecule has 0 saturated heterocycles. The van der Waals surface area contributed by atoms with Crippen LogP contribution in [0, 0.1) is 5.92 Å². The molecular weight excluding hydrogens is 283 g/mol. The summed E-state index contributed by atoms with van der Waals surface area (Å²) >= 11 is 11.0. The first kappa shape index (κ1) is 14.5. The lowest BCUT2D eigenvalue weighted by atomic mass is 9.68. The third kappa shape index (κ3) is 3.18. The van der Waals surface area contributed by atoms with Crippen molar-refractivity contribution in [3.8, 4) is 0 Å². The number of hydrogen-bond acceptors (Lipinski definition) is 2. The van der Waals surface area contributed by atoms with Gasteiger partial charge in [0.05, 0.1) is 0 Å². The third-order valence-electron chi connectivity index (χ3n) is 4.22. The van der Waals surface area contributed by atoms with E-state index < -0.39 is 5.24 Å². The maximum absolute atomic E-state index is 11.2. The monoisotopic (exact) mass is 298 g/mol. The molecule has 1 aromatic carbocycles. The van der Waals surface area contributed by atoms with Crippen LogP contribution in [0.25, 0.3) is 0 Å². The van der Waals surface area contributed by atoms with Crippen LogP contribution in [0.5, 0.6) is 0 Å². The van der Waals surface area contributed by atoms with E-state index in [0.717, 1.165) is 25.7 Å². The second-order valence-electron chi connectivity index (χ2n) is 5.49. The van der Waals surface area contributed by atoms with Crippen molar-refractivity contribution in [2.75, 3.05) is 0 Å². The summed E-state index contributed by atoms with van der Waals surface area (Å²) in [7, 11) is 0. The highest BCUT2D eigenvalue weighted by Gasteiger charge is 2.34. The molecule has 0 aromatic heterocycles. The Hall–Kier alpha value is -0.860. The number of benzene rings is 1. The molecule has 0 aliphatic heterocycles. The van der Waals surface area contributed by atoms with Gasteiger partial charge in [-0.05, 0) is 72.0 Å². The summed E-state index contributed by atoms with van der Waals surface area (Å²) in [5.74, 6) is -0.00145. The minimum absolute atomic E-state index is 0.00145. The van der Waals surface area contributed by atoms with Crippen LogP contribution >= 0.6 is 23.2 Å². The van der Waals surface area contributed by atoms with Gasteiger partial charge in [0.1, 0.15) is 0 Å². The van der Waals surface area contributed by atoms with Crippen LogP contribution < -0.4 is 0 Å². The Bertz CT molecular complexity index is 485. The molecule has 0 atom stereocenters. The zero-order chi connectivity index (χ0) is 14.0. The van der Waals surface area contributed by atoms with Gasteiger partial charge in [0.25, 0.3) is 5.24 Å². The number of hydrogen-bond donors (Lipinski definition) is 0. The molecule has 0 N–H and O–H groups in total. The molecule has 1 aromatic rings. The summed E-state index contributed by atoms with van der Waals surface area (Å²) in [6.45, 7) is 2.19. The van der Waals surface area contributed by atoms with Gasteiger partial charge in [0, 0.05) is 11.5 Å². The molecule has 0 amide bonds. The van der Waals surface area contributed by atoms with Crippen molar-refractivity contribution in [2.24, 2.45) is 5.92 Å². The van der Waals surface area contributed by atoms with E-state index in [1.807, 2.05) is 12.1 Å². The van der Waals surface area contributed by atoms with Crippen LogP contribution in [0.15, 0.2) is 24.3 Å². The standard InChI is InChI=1S/C15H16Cl2O2/c1-15(8-6-11(7-9-15)14(17)19)12-4-2-10(3-5-12)13(16)18/h2-5,11H,6-9H2,1H3. The largest absolute Gasteiger partial charge is 0.281 e. The molecule has 2 nitrogen and oxygen atoms in total. The quantitative estimate of drug-likeness (QED) is 0.781. The molecule has 19 heavy (non-hydrogen) atoms. The van der Waals surface area contributed by atoms with E-state index in [1.165, 1.54) is 5.56 Å². The number of carbonyl (C=O) groups excluding carboxylic acids is 2. The van der Waals surface area contributed by atoms with Gasteiger partial charge in [-0.2, -0.15) is 0 Å². The van der Waals surface area contributed by atoms with Crippen molar-refractivity contribution in [3.63, 3.8) is 0 Å². The first-order valence-electron chi connectivity index (χ1n) is 6.42. The number of carbonyl (C=O) groups is 2. The van der Waals surface area contributed by atoms with Gasteiger partial charge in [-0.15, -0.1) is 0 Å². The Balaban J connectivity index is 2.13. The number of halogens is 2. The van der Waals surface area contributed by atoms with Gasteiger partial charge in [-0.1, -0.05) is 19.1 Å². The Morgan fingerprint density at radius 1 is 1.11 bits per heavy atom. The highest BCUT2D eigenvalue weighted by Crippen LogP contribution is 2.41. The Kier molecular flexibility index (Phi) is 4.32. The molecule has 1 saturated carbocycles. The predicted molar refractivity (Wildman–Crippen MR) is 76.8 cm³/mol. The summed E-state index contributed by atoms with van der Waals surface area (Å²) in [5.41, 5.74) is 1.75. The van der Waals surface area contributed by atoms with Crippen molar-refractivity contribution in [1.29, 1.82) is 0 Å². The van der Waals surface area contributed by atoms with Crippen molar-refractivity contribution in [3.05, 3.63) is 35.4 Å². The summed E-state index contributed by atoms with van der Waals surface area (Å²) in [6, 6.07) is 7.43. The first-order chi connectivity index (χ1) is 8.92. The molecule has 1 aliphatic carbocycles. The Labute approximate surface area is 123 Å². The van der Waals surface area contributed by atoms with Gasteiger partial charge < -0.3 is 0 Å². The van der Waals surface area contributed by atoms with E-state index in [9.17, 15) is 9.59 Å². The molecule has 4 heteroatoms. The minimum Gasteiger partial charge on any atom is -0.281 e. The van der Waals surface area contributed by atoms with Gasteiger partial charge >= 0.3 is 0 Å². The number of rotatable bonds is 3. The van der Waals surface area contributed by atoms with Gasteiger partial charge in [0.15, 0.2) is 0 Å². The van der Waals surface area contributed by atoms with Gasteiger partial charge in [-0.3, -0.25) is 9.59 Å². The van der Waals surface area contributed by atoms with E-state index >= 15 is 0 Å². The lowest BCUT2D eigenvalue weighted by molar-refractivity contribution is -0.116. The maximum atomic E-state index is 11.2. The normalized spacial score (nSPS) is 27.0. The molecule has 102 valence electrons. The summed E-state index contributed by atoms with van der Waals surface area (Å²) in [4.78, 5) is 22.2. The molecule has 0 unspecified atom stereocenters. The summed E-state index contributed by atoms with van der Waals surface area (Å²) < 4.78 is 0. The maximum Gasteiger partial charge on any atom is 0.252 e. The van der Waals surface area contributed by atoms with Crippen LogP contribution in [-0.2, 0) is 10.2 Å². The van der Waals surface area contributed by atoms with Crippen LogP contribution in [0.2, 0.25) is 0 Å². The summed E-state index contributed by atoms with van der Waals surface area (Å²) in [6.07, 6.45) is 3.53. The molecule has 0 radical (unpaired) electrons. The Morgan fingerprint density at radius 2 is 1.63 bits per heavy atom. The Morgan fingerprint density at radius 3 is 2.05 bits per heavy atom. The zero-order valence-corrected chi connectivity index (χ0v) is 12.3.